The van der Waals surface area contributed by atoms with Gasteiger partial charge < -0.3 is 15.0 Å². The van der Waals surface area contributed by atoms with Gasteiger partial charge in [0.2, 0.25) is 5.91 Å². The van der Waals surface area contributed by atoms with Crippen LogP contribution in [0.4, 0.5) is 11.5 Å². The van der Waals surface area contributed by atoms with Gasteiger partial charge in [0.15, 0.2) is 0 Å². The zero-order valence-corrected chi connectivity index (χ0v) is 23.5. The van der Waals surface area contributed by atoms with Crippen molar-refractivity contribution in [3.8, 4) is 11.4 Å². The molecule has 2 amide bonds. The molecule has 0 aliphatic rings. The largest absolute Gasteiger partial charge is 0.497 e. The molecule has 1 N–H and O–H groups in total. The summed E-state index contributed by atoms with van der Waals surface area (Å²) in [5.74, 6) is 0.354. The van der Waals surface area contributed by atoms with Crippen LogP contribution in [0.3, 0.4) is 0 Å². The topological polar surface area (TPSA) is 120 Å². The number of aryl methyl sites for hydroxylation is 1. The van der Waals surface area contributed by atoms with Crippen LogP contribution in [0.5, 0.6) is 5.75 Å². The van der Waals surface area contributed by atoms with Gasteiger partial charge in [0.05, 0.1) is 23.4 Å². The summed E-state index contributed by atoms with van der Waals surface area (Å²) >= 11 is 0. The number of aromatic nitrogens is 2. The van der Waals surface area contributed by atoms with Crippen molar-refractivity contribution >= 4 is 23.3 Å². The van der Waals surface area contributed by atoms with Gasteiger partial charge in [-0.15, -0.1) is 0 Å². The Morgan fingerprint density at radius 1 is 1.10 bits per heavy atom. The van der Waals surface area contributed by atoms with Crippen LogP contribution >= 0.6 is 0 Å². The Hall–Kier alpha value is -4.21. The molecule has 0 fully saturated rings. The molecule has 0 radical (unpaired) electrons. The van der Waals surface area contributed by atoms with Gasteiger partial charge in [0, 0.05) is 35.2 Å². The molecule has 0 saturated heterocycles. The number of nitrogens with zero attached hydrogens (tertiary/aromatic N) is 4. The van der Waals surface area contributed by atoms with Gasteiger partial charge in [0.25, 0.3) is 11.6 Å². The van der Waals surface area contributed by atoms with E-state index in [1.54, 1.807) is 30.8 Å². The lowest BCUT2D eigenvalue weighted by Crippen LogP contribution is -2.39. The van der Waals surface area contributed by atoms with Gasteiger partial charge in [-0.3, -0.25) is 19.7 Å². The number of anilines is 1. The van der Waals surface area contributed by atoms with Crippen LogP contribution in [0, 0.1) is 17.0 Å². The minimum Gasteiger partial charge on any atom is -0.497 e. The molecular weight excluding hydrogens is 498 g/mol. The molecule has 0 bridgehead atoms. The predicted octanol–water partition coefficient (Wildman–Crippen LogP) is 5.67. The van der Waals surface area contributed by atoms with E-state index in [0.29, 0.717) is 30.1 Å². The summed E-state index contributed by atoms with van der Waals surface area (Å²) in [6.45, 7) is 9.93. The standard InChI is InChI=1S/C29H37N5O5/c1-7-8-9-16-32(28(36)21-11-10-20(2)24(17-21)34(37)38)19-27(35)30-26-18-25(29(3,4)5)31-33(26)22-12-14-23(39-6)15-13-22/h10-15,17-18H,7-9,16,19H2,1-6H3,(H,30,35). The van der Waals surface area contributed by atoms with E-state index >= 15 is 0 Å². The highest BCUT2D eigenvalue weighted by Crippen LogP contribution is 2.27. The van der Waals surface area contributed by atoms with Crippen LogP contribution in [0.2, 0.25) is 0 Å². The minimum atomic E-state index is -0.507. The number of methoxy groups -OCH3 is 1. The van der Waals surface area contributed by atoms with E-state index in [4.69, 9.17) is 9.84 Å². The van der Waals surface area contributed by atoms with Crippen LogP contribution in [0.25, 0.3) is 5.69 Å². The first kappa shape index (κ1) is 29.3. The molecule has 39 heavy (non-hydrogen) atoms. The molecule has 0 saturated carbocycles. The number of benzene rings is 2. The number of nitro benzene ring substituents is 1. The number of carbonyl (C=O) groups is 2. The highest BCUT2D eigenvalue weighted by Gasteiger charge is 2.24. The van der Waals surface area contributed by atoms with Crippen molar-refractivity contribution in [2.45, 2.75) is 59.3 Å². The summed E-state index contributed by atoms with van der Waals surface area (Å²) in [5, 5.41) is 19.1. The number of rotatable bonds is 11. The van der Waals surface area contributed by atoms with Crippen LogP contribution in [0.15, 0.2) is 48.5 Å². The van der Waals surface area contributed by atoms with Crippen LogP contribution in [-0.2, 0) is 10.2 Å². The number of nitrogens with one attached hydrogen (secondary N) is 1. The average Bonchev–Trinajstić information content (AvgIpc) is 3.32. The summed E-state index contributed by atoms with van der Waals surface area (Å²) < 4.78 is 6.91. The van der Waals surface area contributed by atoms with E-state index in [9.17, 15) is 19.7 Å². The van der Waals surface area contributed by atoms with Gasteiger partial charge in [-0.1, -0.05) is 46.6 Å². The van der Waals surface area contributed by atoms with Crippen molar-refractivity contribution < 1.29 is 19.2 Å². The molecule has 1 heterocycles. The molecule has 0 aliphatic heterocycles. The van der Waals surface area contributed by atoms with Crippen molar-refractivity contribution in [2.75, 3.05) is 25.5 Å². The number of unbranched alkanes of at least 4 members (excludes halogenated alkanes) is 2. The second kappa shape index (κ2) is 12.6. The molecule has 0 atom stereocenters. The van der Waals surface area contributed by atoms with Crippen molar-refractivity contribution in [3.05, 3.63) is 75.5 Å². The van der Waals surface area contributed by atoms with E-state index in [0.717, 1.165) is 24.2 Å². The third kappa shape index (κ3) is 7.43. The molecule has 0 spiro atoms. The zero-order valence-electron chi connectivity index (χ0n) is 23.5. The number of amides is 2. The van der Waals surface area contributed by atoms with Gasteiger partial charge in [-0.05, 0) is 43.7 Å². The van der Waals surface area contributed by atoms with E-state index in [1.165, 1.54) is 11.0 Å². The number of hydrogen-bond acceptors (Lipinski definition) is 6. The fourth-order valence-corrected chi connectivity index (χ4v) is 4.04. The van der Waals surface area contributed by atoms with E-state index in [2.05, 4.69) is 12.2 Å². The number of carbonyl (C=O) groups excluding carboxylic acids is 2. The number of ether oxygens (including phenoxy) is 1. The Kier molecular flexibility index (Phi) is 9.45. The molecule has 208 valence electrons. The second-order valence-electron chi connectivity index (χ2n) is 10.5. The third-order valence-corrected chi connectivity index (χ3v) is 6.37. The predicted molar refractivity (Wildman–Crippen MR) is 151 cm³/mol. The highest BCUT2D eigenvalue weighted by molar-refractivity contribution is 5.99. The van der Waals surface area contributed by atoms with E-state index in [-0.39, 0.29) is 23.2 Å². The zero-order chi connectivity index (χ0) is 28.7. The lowest BCUT2D eigenvalue weighted by atomic mass is 9.92. The summed E-state index contributed by atoms with van der Waals surface area (Å²) in [6.07, 6.45) is 2.54. The molecule has 3 rings (SSSR count). The smallest absolute Gasteiger partial charge is 0.273 e. The lowest BCUT2D eigenvalue weighted by molar-refractivity contribution is -0.385. The molecule has 1 aromatic heterocycles. The number of hydrogen-bond donors (Lipinski definition) is 1. The fraction of sp³-hybridized carbons (Fsp3) is 0.414. The molecule has 0 unspecified atom stereocenters. The molecule has 10 nitrogen and oxygen atoms in total. The maximum absolute atomic E-state index is 13.4. The van der Waals surface area contributed by atoms with Gasteiger partial charge >= 0.3 is 0 Å². The normalized spacial score (nSPS) is 11.2. The molecule has 10 heteroatoms. The molecular formula is C29H37N5O5. The maximum atomic E-state index is 13.4. The van der Waals surface area contributed by atoms with Crippen molar-refractivity contribution in [1.82, 2.24) is 14.7 Å². The van der Waals surface area contributed by atoms with Crippen molar-refractivity contribution in [2.24, 2.45) is 0 Å². The SMILES string of the molecule is CCCCCN(CC(=O)Nc1cc(C(C)(C)C)nn1-c1ccc(OC)cc1)C(=O)c1ccc(C)c([N+](=O)[O-])c1. The molecule has 2 aromatic carbocycles. The maximum Gasteiger partial charge on any atom is 0.273 e. The monoisotopic (exact) mass is 535 g/mol. The first-order valence-corrected chi connectivity index (χ1v) is 13.0. The van der Waals surface area contributed by atoms with Gasteiger partial charge in [0.1, 0.15) is 18.1 Å². The third-order valence-electron chi connectivity index (χ3n) is 6.37. The lowest BCUT2D eigenvalue weighted by Gasteiger charge is -2.22. The molecule has 0 aliphatic carbocycles. The van der Waals surface area contributed by atoms with Crippen molar-refractivity contribution in [1.29, 1.82) is 0 Å². The molecule has 3 aromatic rings. The highest BCUT2D eigenvalue weighted by atomic mass is 16.6. The van der Waals surface area contributed by atoms with Gasteiger partial charge in [-0.2, -0.15) is 5.10 Å². The second-order valence-corrected chi connectivity index (χ2v) is 10.5. The Balaban J connectivity index is 1.88. The Bertz CT molecular complexity index is 1320. The summed E-state index contributed by atoms with van der Waals surface area (Å²) in [4.78, 5) is 39.0. The minimum absolute atomic E-state index is 0.128. The average molecular weight is 536 g/mol. The van der Waals surface area contributed by atoms with E-state index in [1.807, 2.05) is 51.1 Å². The Morgan fingerprint density at radius 2 is 1.79 bits per heavy atom. The van der Waals surface area contributed by atoms with E-state index < -0.39 is 16.7 Å². The van der Waals surface area contributed by atoms with Crippen LogP contribution in [0.1, 0.15) is 68.6 Å². The summed E-state index contributed by atoms with van der Waals surface area (Å²) in [5.41, 5.74) is 1.78. The quantitative estimate of drug-likeness (QED) is 0.192. The van der Waals surface area contributed by atoms with Crippen molar-refractivity contribution in [3.63, 3.8) is 0 Å². The first-order valence-electron chi connectivity index (χ1n) is 13.0. The van der Waals surface area contributed by atoms with Crippen LogP contribution in [-0.4, -0.2) is 51.6 Å². The van der Waals surface area contributed by atoms with Gasteiger partial charge in [-0.25, -0.2) is 4.68 Å². The Morgan fingerprint density at radius 3 is 2.38 bits per heavy atom. The first-order chi connectivity index (χ1) is 18.4. The summed E-state index contributed by atoms with van der Waals surface area (Å²) in [6, 6.07) is 13.5. The van der Waals surface area contributed by atoms with Crippen LogP contribution < -0.4 is 10.1 Å². The summed E-state index contributed by atoms with van der Waals surface area (Å²) in [7, 11) is 1.59. The number of nitro groups is 1. The Labute approximate surface area is 229 Å². The fourth-order valence-electron chi connectivity index (χ4n) is 4.04.